The van der Waals surface area contributed by atoms with Gasteiger partial charge in [0, 0.05) is 28.9 Å². The van der Waals surface area contributed by atoms with E-state index in [0.717, 1.165) is 17.5 Å². The van der Waals surface area contributed by atoms with Gasteiger partial charge in [-0.05, 0) is 30.7 Å². The molecule has 3 rings (SSSR count). The summed E-state index contributed by atoms with van der Waals surface area (Å²) >= 11 is 0. The minimum atomic E-state index is 0.482. The fourth-order valence-corrected chi connectivity index (χ4v) is 2.66. The lowest BCUT2D eigenvalue weighted by molar-refractivity contribution is 0.819. The van der Waals surface area contributed by atoms with E-state index in [0.29, 0.717) is 18.8 Å². The molecule has 0 amide bonds. The van der Waals surface area contributed by atoms with Gasteiger partial charge in [-0.3, -0.25) is 0 Å². The predicted octanol–water partition coefficient (Wildman–Crippen LogP) is 2.46. The van der Waals surface area contributed by atoms with Crippen LogP contribution in [0.4, 0.5) is 0 Å². The van der Waals surface area contributed by atoms with Gasteiger partial charge in [-0.25, -0.2) is 4.98 Å². The second kappa shape index (κ2) is 5.78. The van der Waals surface area contributed by atoms with Gasteiger partial charge in [0.1, 0.15) is 11.8 Å². The molecule has 3 aromatic rings. The Bertz CT molecular complexity index is 811. The molecule has 0 aliphatic heterocycles. The standard InChI is InChI=1S/C17H16N4/c18-8-7-13-11-21(17-6-2-1-5-15(13)17)12-14-4-3-9-20-16(14)10-19/h1-6,9,11H,7-8,12,18H2. The van der Waals surface area contributed by atoms with Crippen LogP contribution in [0.25, 0.3) is 10.9 Å². The Balaban J connectivity index is 2.07. The Labute approximate surface area is 123 Å². The highest BCUT2D eigenvalue weighted by molar-refractivity contribution is 5.84. The van der Waals surface area contributed by atoms with Crippen molar-refractivity contribution < 1.29 is 0 Å². The van der Waals surface area contributed by atoms with Crippen LogP contribution in [-0.4, -0.2) is 16.1 Å². The molecule has 104 valence electrons. The second-order valence-corrected chi connectivity index (χ2v) is 4.96. The van der Waals surface area contributed by atoms with E-state index in [2.05, 4.69) is 33.9 Å². The molecular weight excluding hydrogens is 260 g/mol. The highest BCUT2D eigenvalue weighted by Gasteiger charge is 2.09. The molecule has 1 aromatic carbocycles. The molecule has 0 saturated carbocycles. The number of para-hydroxylation sites is 1. The van der Waals surface area contributed by atoms with Crippen molar-refractivity contribution in [1.82, 2.24) is 9.55 Å². The summed E-state index contributed by atoms with van der Waals surface area (Å²) in [6, 6.07) is 14.2. The van der Waals surface area contributed by atoms with E-state index < -0.39 is 0 Å². The van der Waals surface area contributed by atoms with E-state index in [4.69, 9.17) is 11.0 Å². The number of nitrogens with zero attached hydrogens (tertiary/aromatic N) is 3. The van der Waals surface area contributed by atoms with E-state index in [1.165, 1.54) is 10.9 Å². The van der Waals surface area contributed by atoms with Crippen LogP contribution in [0, 0.1) is 11.3 Å². The van der Waals surface area contributed by atoms with Gasteiger partial charge in [0.15, 0.2) is 0 Å². The van der Waals surface area contributed by atoms with Gasteiger partial charge < -0.3 is 10.3 Å². The number of hydrogen-bond acceptors (Lipinski definition) is 3. The average molecular weight is 276 g/mol. The number of benzene rings is 1. The monoisotopic (exact) mass is 276 g/mol. The normalized spacial score (nSPS) is 10.7. The zero-order chi connectivity index (χ0) is 14.7. The first kappa shape index (κ1) is 13.3. The highest BCUT2D eigenvalue weighted by Crippen LogP contribution is 2.23. The summed E-state index contributed by atoms with van der Waals surface area (Å²) in [4.78, 5) is 4.12. The lowest BCUT2D eigenvalue weighted by Crippen LogP contribution is -2.03. The summed E-state index contributed by atoms with van der Waals surface area (Å²) in [7, 11) is 0. The van der Waals surface area contributed by atoms with Crippen molar-refractivity contribution in [2.24, 2.45) is 5.73 Å². The predicted molar refractivity (Wildman–Crippen MR) is 82.8 cm³/mol. The third-order valence-electron chi connectivity index (χ3n) is 3.62. The molecule has 0 spiro atoms. The van der Waals surface area contributed by atoms with E-state index in [1.54, 1.807) is 6.20 Å². The summed E-state index contributed by atoms with van der Waals surface area (Å²) in [6.07, 6.45) is 4.63. The van der Waals surface area contributed by atoms with Gasteiger partial charge in [-0.1, -0.05) is 24.3 Å². The van der Waals surface area contributed by atoms with E-state index in [1.807, 2.05) is 24.3 Å². The van der Waals surface area contributed by atoms with Crippen LogP contribution in [0.15, 0.2) is 48.8 Å². The summed E-state index contributed by atoms with van der Waals surface area (Å²) in [5.74, 6) is 0. The van der Waals surface area contributed by atoms with Gasteiger partial charge in [0.25, 0.3) is 0 Å². The van der Waals surface area contributed by atoms with Crippen LogP contribution in [0.1, 0.15) is 16.8 Å². The van der Waals surface area contributed by atoms with Crippen molar-refractivity contribution in [2.75, 3.05) is 6.54 Å². The average Bonchev–Trinajstić information content (AvgIpc) is 2.87. The van der Waals surface area contributed by atoms with Gasteiger partial charge >= 0.3 is 0 Å². The number of nitriles is 1. The molecule has 2 N–H and O–H groups in total. The first-order valence-corrected chi connectivity index (χ1v) is 6.94. The van der Waals surface area contributed by atoms with Crippen molar-refractivity contribution in [3.63, 3.8) is 0 Å². The Morgan fingerprint density at radius 2 is 2.00 bits per heavy atom. The van der Waals surface area contributed by atoms with Crippen molar-refractivity contribution in [3.05, 3.63) is 65.6 Å². The Morgan fingerprint density at radius 3 is 2.81 bits per heavy atom. The molecule has 0 bridgehead atoms. The van der Waals surface area contributed by atoms with Crippen LogP contribution in [0.3, 0.4) is 0 Å². The van der Waals surface area contributed by atoms with E-state index >= 15 is 0 Å². The van der Waals surface area contributed by atoms with E-state index in [9.17, 15) is 0 Å². The Kier molecular flexibility index (Phi) is 3.67. The fourth-order valence-electron chi connectivity index (χ4n) is 2.66. The lowest BCUT2D eigenvalue weighted by atomic mass is 10.1. The van der Waals surface area contributed by atoms with Crippen molar-refractivity contribution in [1.29, 1.82) is 5.26 Å². The number of hydrogen-bond donors (Lipinski definition) is 1. The quantitative estimate of drug-likeness (QED) is 0.796. The summed E-state index contributed by atoms with van der Waals surface area (Å²) in [6.45, 7) is 1.27. The van der Waals surface area contributed by atoms with Crippen LogP contribution in [0.5, 0.6) is 0 Å². The van der Waals surface area contributed by atoms with Gasteiger partial charge in [-0.2, -0.15) is 5.26 Å². The largest absolute Gasteiger partial charge is 0.343 e. The minimum Gasteiger partial charge on any atom is -0.343 e. The molecule has 0 aliphatic carbocycles. The van der Waals surface area contributed by atoms with Gasteiger partial charge in [0.05, 0.1) is 6.54 Å². The fraction of sp³-hybridized carbons (Fsp3) is 0.176. The number of rotatable bonds is 4. The molecule has 2 aromatic heterocycles. The van der Waals surface area contributed by atoms with E-state index in [-0.39, 0.29) is 0 Å². The molecule has 0 saturated heterocycles. The van der Waals surface area contributed by atoms with Crippen molar-refractivity contribution >= 4 is 10.9 Å². The Morgan fingerprint density at radius 1 is 1.14 bits per heavy atom. The topological polar surface area (TPSA) is 67.6 Å². The van der Waals surface area contributed by atoms with Crippen molar-refractivity contribution in [3.8, 4) is 6.07 Å². The summed E-state index contributed by atoms with van der Waals surface area (Å²) in [5.41, 5.74) is 9.52. The van der Waals surface area contributed by atoms with Crippen LogP contribution in [-0.2, 0) is 13.0 Å². The van der Waals surface area contributed by atoms with Crippen LogP contribution >= 0.6 is 0 Å². The minimum absolute atomic E-state index is 0.482. The number of aromatic nitrogens is 2. The molecule has 0 atom stereocenters. The van der Waals surface area contributed by atoms with Gasteiger partial charge in [-0.15, -0.1) is 0 Å². The highest BCUT2D eigenvalue weighted by atomic mass is 15.0. The SMILES string of the molecule is N#Cc1ncccc1Cn1cc(CCN)c2ccccc21. The maximum absolute atomic E-state index is 9.16. The smallest absolute Gasteiger partial charge is 0.145 e. The van der Waals surface area contributed by atoms with Crippen LogP contribution < -0.4 is 5.73 Å². The first-order valence-electron chi connectivity index (χ1n) is 6.94. The summed E-state index contributed by atoms with van der Waals surface area (Å²) < 4.78 is 2.16. The molecule has 0 aliphatic rings. The van der Waals surface area contributed by atoms with Gasteiger partial charge in [0.2, 0.25) is 0 Å². The molecule has 4 nitrogen and oxygen atoms in total. The summed E-state index contributed by atoms with van der Waals surface area (Å²) in [5, 5.41) is 10.4. The molecular formula is C17H16N4. The molecule has 0 radical (unpaired) electrons. The maximum atomic E-state index is 9.16. The number of nitrogens with two attached hydrogens (primary N) is 1. The zero-order valence-electron chi connectivity index (χ0n) is 11.7. The number of pyridine rings is 1. The lowest BCUT2D eigenvalue weighted by Gasteiger charge is -2.06. The Hall–Kier alpha value is -2.64. The third-order valence-corrected chi connectivity index (χ3v) is 3.62. The molecule has 4 heteroatoms. The second-order valence-electron chi connectivity index (χ2n) is 4.96. The number of fused-ring (bicyclic) bond motifs is 1. The first-order chi connectivity index (χ1) is 10.3. The zero-order valence-corrected chi connectivity index (χ0v) is 11.7. The van der Waals surface area contributed by atoms with Crippen LogP contribution in [0.2, 0.25) is 0 Å². The molecule has 21 heavy (non-hydrogen) atoms. The molecule has 0 fully saturated rings. The van der Waals surface area contributed by atoms with Crippen molar-refractivity contribution in [2.45, 2.75) is 13.0 Å². The maximum Gasteiger partial charge on any atom is 0.145 e. The third kappa shape index (κ3) is 2.51. The molecule has 0 unspecified atom stereocenters. The molecule has 2 heterocycles.